The number of halogens is 1. The van der Waals surface area contributed by atoms with Crippen molar-refractivity contribution in [2.24, 2.45) is 0 Å². The molecule has 0 spiro atoms. The molecule has 0 saturated heterocycles. The van der Waals surface area contributed by atoms with E-state index in [1.807, 2.05) is 6.07 Å². The van der Waals surface area contributed by atoms with E-state index in [0.29, 0.717) is 15.9 Å². The lowest BCUT2D eigenvalue weighted by Crippen LogP contribution is -2.17. The highest BCUT2D eigenvalue weighted by Crippen LogP contribution is 2.26. The first-order valence-electron chi connectivity index (χ1n) is 5.10. The Kier molecular flexibility index (Phi) is 3.44. The van der Waals surface area contributed by atoms with Gasteiger partial charge in [0.2, 0.25) is 0 Å². The van der Waals surface area contributed by atoms with E-state index in [1.165, 1.54) is 6.33 Å². The van der Waals surface area contributed by atoms with Crippen LogP contribution in [0.2, 0.25) is 0 Å². The molecule has 0 saturated carbocycles. The molecule has 0 aliphatic carbocycles. The van der Waals surface area contributed by atoms with Gasteiger partial charge in [-0.2, -0.15) is 5.26 Å². The third-order valence-corrected chi connectivity index (χ3v) is 3.17. The Bertz CT molecular complexity index is 674. The molecule has 18 heavy (non-hydrogen) atoms. The summed E-state index contributed by atoms with van der Waals surface area (Å²) < 4.78 is 0.356. The average Bonchev–Trinajstić information content (AvgIpc) is 2.41. The summed E-state index contributed by atoms with van der Waals surface area (Å²) in [5.74, 6) is 0.494. The minimum Gasteiger partial charge on any atom is -0.328 e. The number of aromatic amines is 1. The molecule has 1 heterocycles. The maximum atomic E-state index is 11.5. The number of hydrogen-bond donors (Lipinski definition) is 1. The number of hydrogen-bond acceptors (Lipinski definition) is 4. The molecule has 1 N–H and O–H groups in total. The van der Waals surface area contributed by atoms with E-state index in [4.69, 9.17) is 5.26 Å². The minimum absolute atomic E-state index is 0.247. The van der Waals surface area contributed by atoms with Gasteiger partial charge in [-0.25, -0.2) is 4.98 Å². The molecular formula is C12H9BrN4O. The van der Waals surface area contributed by atoms with E-state index in [-0.39, 0.29) is 5.56 Å². The summed E-state index contributed by atoms with van der Waals surface area (Å²) in [5, 5.41) is 8.86. The molecule has 1 aromatic carbocycles. The van der Waals surface area contributed by atoms with Crippen molar-refractivity contribution >= 4 is 27.4 Å². The molecule has 0 fully saturated rings. The second kappa shape index (κ2) is 5.02. The molecule has 2 aromatic rings. The maximum Gasteiger partial charge on any atom is 0.267 e. The quantitative estimate of drug-likeness (QED) is 0.923. The van der Waals surface area contributed by atoms with Crippen LogP contribution in [-0.2, 0) is 0 Å². The van der Waals surface area contributed by atoms with Crippen LogP contribution < -0.4 is 10.5 Å². The van der Waals surface area contributed by atoms with Crippen molar-refractivity contribution in [3.8, 4) is 6.07 Å². The number of aromatic nitrogens is 2. The summed E-state index contributed by atoms with van der Waals surface area (Å²) in [6.45, 7) is 0. The van der Waals surface area contributed by atoms with E-state index in [2.05, 4.69) is 32.0 Å². The highest BCUT2D eigenvalue weighted by molar-refractivity contribution is 9.10. The van der Waals surface area contributed by atoms with Gasteiger partial charge in [-0.1, -0.05) is 6.07 Å². The van der Waals surface area contributed by atoms with Gasteiger partial charge in [0.1, 0.15) is 4.47 Å². The second-order valence-electron chi connectivity index (χ2n) is 3.59. The van der Waals surface area contributed by atoms with Crippen molar-refractivity contribution in [2.45, 2.75) is 0 Å². The molecule has 90 valence electrons. The standard InChI is InChI=1S/C12H9BrN4O/c1-17(9-4-2-3-8(5-9)6-14)11-10(13)12(18)16-7-15-11/h2-5,7H,1H3,(H,15,16,18). The normalized spacial score (nSPS) is 9.83. The number of nitriles is 1. The molecule has 0 radical (unpaired) electrons. The first-order chi connectivity index (χ1) is 8.63. The van der Waals surface area contributed by atoms with Crippen molar-refractivity contribution in [3.05, 3.63) is 51.0 Å². The van der Waals surface area contributed by atoms with E-state index in [1.54, 1.807) is 30.1 Å². The lowest BCUT2D eigenvalue weighted by Gasteiger charge is -2.18. The Balaban J connectivity index is 2.48. The smallest absolute Gasteiger partial charge is 0.267 e. The van der Waals surface area contributed by atoms with E-state index >= 15 is 0 Å². The first-order valence-corrected chi connectivity index (χ1v) is 5.90. The molecule has 0 aliphatic heterocycles. The van der Waals surface area contributed by atoms with Gasteiger partial charge in [-0.15, -0.1) is 0 Å². The molecule has 0 amide bonds. The molecule has 1 aromatic heterocycles. The average molecular weight is 305 g/mol. The third-order valence-electron chi connectivity index (χ3n) is 2.46. The van der Waals surface area contributed by atoms with Crippen LogP contribution in [0, 0.1) is 11.3 Å². The van der Waals surface area contributed by atoms with Gasteiger partial charge >= 0.3 is 0 Å². The van der Waals surface area contributed by atoms with Gasteiger partial charge < -0.3 is 9.88 Å². The lowest BCUT2D eigenvalue weighted by atomic mass is 10.2. The van der Waals surface area contributed by atoms with Crippen LogP contribution in [0.15, 0.2) is 39.9 Å². The van der Waals surface area contributed by atoms with Crippen LogP contribution >= 0.6 is 15.9 Å². The van der Waals surface area contributed by atoms with Crippen LogP contribution in [-0.4, -0.2) is 17.0 Å². The number of H-pyrrole nitrogens is 1. The van der Waals surface area contributed by atoms with Gasteiger partial charge in [0, 0.05) is 12.7 Å². The molecular weight excluding hydrogens is 296 g/mol. The van der Waals surface area contributed by atoms with E-state index in [9.17, 15) is 4.79 Å². The predicted octanol–water partition coefficient (Wildman–Crippen LogP) is 2.17. The third kappa shape index (κ3) is 2.26. The Labute approximate surface area is 112 Å². The summed E-state index contributed by atoms with van der Waals surface area (Å²) in [4.78, 5) is 19.8. The summed E-state index contributed by atoms with van der Waals surface area (Å²) in [6, 6.07) is 9.15. The lowest BCUT2D eigenvalue weighted by molar-refractivity contribution is 1.04. The Morgan fingerprint density at radius 2 is 2.28 bits per heavy atom. The zero-order valence-electron chi connectivity index (χ0n) is 9.51. The Morgan fingerprint density at radius 3 is 3.00 bits per heavy atom. The minimum atomic E-state index is -0.247. The number of nitrogens with one attached hydrogen (secondary N) is 1. The molecule has 6 heteroatoms. The van der Waals surface area contributed by atoms with Crippen LogP contribution in [0.1, 0.15) is 5.56 Å². The van der Waals surface area contributed by atoms with Gasteiger partial charge in [0.05, 0.1) is 18.0 Å². The number of anilines is 2. The highest BCUT2D eigenvalue weighted by Gasteiger charge is 2.12. The van der Waals surface area contributed by atoms with Crippen molar-refractivity contribution in [1.29, 1.82) is 5.26 Å². The molecule has 5 nitrogen and oxygen atoms in total. The predicted molar refractivity (Wildman–Crippen MR) is 71.8 cm³/mol. The number of benzene rings is 1. The topological polar surface area (TPSA) is 72.8 Å². The van der Waals surface area contributed by atoms with Gasteiger partial charge in [0.25, 0.3) is 5.56 Å². The summed E-state index contributed by atoms with van der Waals surface area (Å²) in [6.07, 6.45) is 1.34. The summed E-state index contributed by atoms with van der Waals surface area (Å²) in [5.41, 5.74) is 1.09. The van der Waals surface area contributed by atoms with Gasteiger partial charge in [-0.3, -0.25) is 4.79 Å². The van der Waals surface area contributed by atoms with E-state index in [0.717, 1.165) is 5.69 Å². The van der Waals surface area contributed by atoms with Crippen LogP contribution in [0.4, 0.5) is 11.5 Å². The number of nitrogens with zero attached hydrogens (tertiary/aromatic N) is 3. The largest absolute Gasteiger partial charge is 0.328 e. The SMILES string of the molecule is CN(c1cccc(C#N)c1)c1nc[nH]c(=O)c1Br. The van der Waals surface area contributed by atoms with Crippen molar-refractivity contribution in [3.63, 3.8) is 0 Å². The monoisotopic (exact) mass is 304 g/mol. The summed E-state index contributed by atoms with van der Waals surface area (Å²) >= 11 is 3.20. The van der Waals surface area contributed by atoms with Crippen molar-refractivity contribution in [2.75, 3.05) is 11.9 Å². The van der Waals surface area contributed by atoms with Crippen LogP contribution in [0.5, 0.6) is 0 Å². The van der Waals surface area contributed by atoms with Gasteiger partial charge in [-0.05, 0) is 34.1 Å². The van der Waals surface area contributed by atoms with Crippen molar-refractivity contribution in [1.82, 2.24) is 9.97 Å². The zero-order chi connectivity index (χ0) is 13.1. The molecule has 0 unspecified atom stereocenters. The summed E-state index contributed by atoms with van der Waals surface area (Å²) in [7, 11) is 1.78. The zero-order valence-corrected chi connectivity index (χ0v) is 11.1. The fourth-order valence-electron chi connectivity index (χ4n) is 1.51. The van der Waals surface area contributed by atoms with Gasteiger partial charge in [0.15, 0.2) is 5.82 Å². The number of rotatable bonds is 2. The highest BCUT2D eigenvalue weighted by atomic mass is 79.9. The first kappa shape index (κ1) is 12.3. The molecule has 0 atom stereocenters. The fraction of sp³-hybridized carbons (Fsp3) is 0.0833. The van der Waals surface area contributed by atoms with Crippen molar-refractivity contribution < 1.29 is 0 Å². The molecule has 2 rings (SSSR count). The Morgan fingerprint density at radius 1 is 1.50 bits per heavy atom. The van der Waals surface area contributed by atoms with Crippen LogP contribution in [0.3, 0.4) is 0 Å². The Hall–Kier alpha value is -2.13. The fourth-order valence-corrected chi connectivity index (χ4v) is 2.00. The second-order valence-corrected chi connectivity index (χ2v) is 4.38. The maximum absolute atomic E-state index is 11.5. The van der Waals surface area contributed by atoms with Crippen LogP contribution in [0.25, 0.3) is 0 Å². The molecule has 0 bridgehead atoms. The van der Waals surface area contributed by atoms with E-state index < -0.39 is 0 Å². The molecule has 0 aliphatic rings.